The van der Waals surface area contributed by atoms with E-state index in [1.807, 2.05) is 38.1 Å². The molecule has 3 nitrogen and oxygen atoms in total. The molecular formula is C20H22F3NO2. The normalized spacial score (nSPS) is 11.6. The van der Waals surface area contributed by atoms with E-state index in [1.54, 1.807) is 0 Å². The zero-order valence-electron chi connectivity index (χ0n) is 14.8. The number of rotatable bonds is 7. The van der Waals surface area contributed by atoms with Crippen LogP contribution in [0.5, 0.6) is 0 Å². The largest absolute Gasteiger partial charge is 0.416 e. The van der Waals surface area contributed by atoms with Crippen LogP contribution in [-0.2, 0) is 35.3 Å². The first-order chi connectivity index (χ1) is 12.3. The Morgan fingerprint density at radius 1 is 1.08 bits per heavy atom. The number of halogens is 3. The lowest BCUT2D eigenvalue weighted by Gasteiger charge is -2.13. The van der Waals surface area contributed by atoms with Crippen LogP contribution >= 0.6 is 0 Å². The minimum absolute atomic E-state index is 0.0959. The van der Waals surface area contributed by atoms with E-state index in [0.717, 1.165) is 23.3 Å². The summed E-state index contributed by atoms with van der Waals surface area (Å²) in [6, 6.07) is 12.4. The summed E-state index contributed by atoms with van der Waals surface area (Å²) in [4.78, 5) is 12.1. The lowest BCUT2D eigenvalue weighted by Crippen LogP contribution is -2.25. The fourth-order valence-electron chi connectivity index (χ4n) is 2.43. The second-order valence-electron chi connectivity index (χ2n) is 6.28. The SMILES string of the molecule is CC(C)OCc1ccccc1CNC(=O)Cc1cccc(C(F)(F)F)c1. The highest BCUT2D eigenvalue weighted by Gasteiger charge is 2.30. The maximum Gasteiger partial charge on any atom is 0.416 e. The third-order valence-electron chi connectivity index (χ3n) is 3.79. The second kappa shape index (κ2) is 8.85. The van der Waals surface area contributed by atoms with E-state index in [4.69, 9.17) is 4.74 Å². The topological polar surface area (TPSA) is 38.3 Å². The molecule has 2 rings (SSSR count). The first kappa shape index (κ1) is 20.0. The van der Waals surface area contributed by atoms with Gasteiger partial charge in [0.15, 0.2) is 0 Å². The van der Waals surface area contributed by atoms with Gasteiger partial charge in [-0.05, 0) is 36.6 Å². The van der Waals surface area contributed by atoms with E-state index in [9.17, 15) is 18.0 Å². The van der Waals surface area contributed by atoms with Crippen molar-refractivity contribution in [3.8, 4) is 0 Å². The fourth-order valence-corrected chi connectivity index (χ4v) is 2.43. The Morgan fingerprint density at radius 2 is 1.77 bits per heavy atom. The van der Waals surface area contributed by atoms with Crippen molar-refractivity contribution in [3.05, 3.63) is 70.8 Å². The number of hydrogen-bond donors (Lipinski definition) is 1. The maximum atomic E-state index is 12.7. The summed E-state index contributed by atoms with van der Waals surface area (Å²) in [6.45, 7) is 4.63. The second-order valence-corrected chi connectivity index (χ2v) is 6.28. The van der Waals surface area contributed by atoms with E-state index in [0.29, 0.717) is 18.7 Å². The molecule has 0 unspecified atom stereocenters. The lowest BCUT2D eigenvalue weighted by molar-refractivity contribution is -0.137. The summed E-state index contributed by atoms with van der Waals surface area (Å²) in [5.74, 6) is -0.330. The Balaban J connectivity index is 1.95. The summed E-state index contributed by atoms with van der Waals surface area (Å²) in [6.07, 6.45) is -4.42. The van der Waals surface area contributed by atoms with Gasteiger partial charge in [-0.25, -0.2) is 0 Å². The van der Waals surface area contributed by atoms with E-state index in [-0.39, 0.29) is 18.4 Å². The molecule has 0 fully saturated rings. The highest BCUT2D eigenvalue weighted by Crippen LogP contribution is 2.29. The number of ether oxygens (including phenoxy) is 1. The van der Waals surface area contributed by atoms with Gasteiger partial charge in [0.2, 0.25) is 5.91 Å². The van der Waals surface area contributed by atoms with Crippen molar-refractivity contribution in [2.75, 3.05) is 0 Å². The standard InChI is InChI=1S/C20H22F3NO2/c1-14(2)26-13-17-8-4-3-7-16(17)12-24-19(25)11-15-6-5-9-18(10-15)20(21,22)23/h3-10,14H,11-13H2,1-2H3,(H,24,25). The van der Waals surface area contributed by atoms with Gasteiger partial charge in [-0.2, -0.15) is 13.2 Å². The molecule has 0 spiro atoms. The van der Waals surface area contributed by atoms with Crippen LogP contribution in [0.25, 0.3) is 0 Å². The van der Waals surface area contributed by atoms with Crippen LogP contribution in [0.4, 0.5) is 13.2 Å². The average Bonchev–Trinajstić information content (AvgIpc) is 2.58. The van der Waals surface area contributed by atoms with Crippen LogP contribution in [0.3, 0.4) is 0 Å². The van der Waals surface area contributed by atoms with Gasteiger partial charge in [-0.3, -0.25) is 4.79 Å². The van der Waals surface area contributed by atoms with Crippen molar-refractivity contribution in [1.29, 1.82) is 0 Å². The molecule has 0 bridgehead atoms. The highest BCUT2D eigenvalue weighted by atomic mass is 19.4. The molecule has 0 heterocycles. The van der Waals surface area contributed by atoms with Crippen LogP contribution in [0, 0.1) is 0 Å². The molecule has 0 aliphatic rings. The van der Waals surface area contributed by atoms with Crippen molar-refractivity contribution in [2.24, 2.45) is 0 Å². The van der Waals surface area contributed by atoms with Crippen molar-refractivity contribution >= 4 is 5.91 Å². The first-order valence-corrected chi connectivity index (χ1v) is 8.37. The van der Waals surface area contributed by atoms with Gasteiger partial charge >= 0.3 is 6.18 Å². The number of carbonyl (C=O) groups excluding carboxylic acids is 1. The molecule has 0 radical (unpaired) electrons. The van der Waals surface area contributed by atoms with E-state index in [1.165, 1.54) is 12.1 Å². The maximum absolute atomic E-state index is 12.7. The fraction of sp³-hybridized carbons (Fsp3) is 0.350. The third kappa shape index (κ3) is 6.19. The predicted molar refractivity (Wildman–Crippen MR) is 93.4 cm³/mol. The number of alkyl halides is 3. The number of amides is 1. The number of nitrogens with one attached hydrogen (secondary N) is 1. The van der Waals surface area contributed by atoms with E-state index in [2.05, 4.69) is 5.32 Å². The molecule has 26 heavy (non-hydrogen) atoms. The first-order valence-electron chi connectivity index (χ1n) is 8.37. The summed E-state index contributed by atoms with van der Waals surface area (Å²) in [5.41, 5.74) is 1.47. The van der Waals surface area contributed by atoms with E-state index < -0.39 is 11.7 Å². The summed E-state index contributed by atoms with van der Waals surface area (Å²) in [5, 5.41) is 2.76. The number of carbonyl (C=O) groups is 1. The Morgan fingerprint density at radius 3 is 2.42 bits per heavy atom. The Bertz CT molecular complexity index is 742. The summed E-state index contributed by atoms with van der Waals surface area (Å²) in [7, 11) is 0. The molecule has 6 heteroatoms. The molecule has 1 N–H and O–H groups in total. The van der Waals surface area contributed by atoms with E-state index >= 15 is 0 Å². The van der Waals surface area contributed by atoms with Crippen LogP contribution < -0.4 is 5.32 Å². The van der Waals surface area contributed by atoms with Crippen molar-refractivity contribution < 1.29 is 22.7 Å². The van der Waals surface area contributed by atoms with Crippen molar-refractivity contribution in [1.82, 2.24) is 5.32 Å². The quantitative estimate of drug-likeness (QED) is 0.785. The van der Waals surface area contributed by atoms with Crippen molar-refractivity contribution in [3.63, 3.8) is 0 Å². The Kier molecular flexibility index (Phi) is 6.80. The molecule has 1 amide bonds. The van der Waals surface area contributed by atoms with Crippen LogP contribution in [-0.4, -0.2) is 12.0 Å². The molecule has 2 aromatic rings. The third-order valence-corrected chi connectivity index (χ3v) is 3.79. The van der Waals surface area contributed by atoms with Gasteiger partial charge in [-0.15, -0.1) is 0 Å². The zero-order chi connectivity index (χ0) is 19.2. The van der Waals surface area contributed by atoms with Gasteiger partial charge in [0, 0.05) is 6.54 Å². The van der Waals surface area contributed by atoms with Gasteiger partial charge in [0.05, 0.1) is 24.7 Å². The minimum atomic E-state index is -4.41. The van der Waals surface area contributed by atoms with Crippen molar-refractivity contribution in [2.45, 2.75) is 45.7 Å². The summed E-state index contributed by atoms with van der Waals surface area (Å²) < 4.78 is 43.8. The molecule has 0 saturated carbocycles. The lowest BCUT2D eigenvalue weighted by atomic mass is 10.1. The molecular weight excluding hydrogens is 343 g/mol. The molecule has 0 aromatic heterocycles. The van der Waals surface area contributed by atoms with Gasteiger partial charge < -0.3 is 10.1 Å². The van der Waals surface area contributed by atoms with Gasteiger partial charge in [0.25, 0.3) is 0 Å². The van der Waals surface area contributed by atoms with Crippen LogP contribution in [0.15, 0.2) is 48.5 Å². The smallest absolute Gasteiger partial charge is 0.374 e. The highest BCUT2D eigenvalue weighted by molar-refractivity contribution is 5.78. The monoisotopic (exact) mass is 365 g/mol. The van der Waals surface area contributed by atoms with Gasteiger partial charge in [0.1, 0.15) is 0 Å². The Hall–Kier alpha value is -2.34. The molecule has 0 saturated heterocycles. The minimum Gasteiger partial charge on any atom is -0.374 e. The van der Waals surface area contributed by atoms with Gasteiger partial charge in [-0.1, -0.05) is 42.5 Å². The van der Waals surface area contributed by atoms with Crippen LogP contribution in [0.1, 0.15) is 36.1 Å². The molecule has 0 aliphatic carbocycles. The van der Waals surface area contributed by atoms with Crippen LogP contribution in [0.2, 0.25) is 0 Å². The summed E-state index contributed by atoms with van der Waals surface area (Å²) >= 11 is 0. The molecule has 0 aliphatic heterocycles. The average molecular weight is 365 g/mol. The molecule has 140 valence electrons. The Labute approximate surface area is 151 Å². The molecule has 0 atom stereocenters. The number of hydrogen-bond acceptors (Lipinski definition) is 2. The predicted octanol–water partition coefficient (Wildman–Crippen LogP) is 4.49. The molecule has 2 aromatic carbocycles. The number of benzene rings is 2. The zero-order valence-corrected chi connectivity index (χ0v) is 14.8.